The molecule has 7 heteroatoms. The van der Waals surface area contributed by atoms with E-state index in [9.17, 15) is 9.59 Å². The van der Waals surface area contributed by atoms with E-state index in [1.807, 2.05) is 30.3 Å². The first-order chi connectivity index (χ1) is 13.6. The normalized spacial score (nSPS) is 19.5. The van der Waals surface area contributed by atoms with Crippen molar-refractivity contribution >= 4 is 18.0 Å². The second-order valence-electron chi connectivity index (χ2n) is 7.20. The van der Waals surface area contributed by atoms with Crippen molar-refractivity contribution in [1.29, 1.82) is 0 Å². The molecule has 0 aliphatic heterocycles. The van der Waals surface area contributed by atoms with Crippen molar-refractivity contribution < 1.29 is 14.3 Å². The van der Waals surface area contributed by atoms with Gasteiger partial charge in [-0.25, -0.2) is 9.48 Å². The van der Waals surface area contributed by atoms with Crippen LogP contribution in [0, 0.1) is 5.92 Å². The summed E-state index contributed by atoms with van der Waals surface area (Å²) >= 11 is 0. The minimum atomic E-state index is -0.579. The molecular formula is C21H26N4O3. The van der Waals surface area contributed by atoms with Gasteiger partial charge >= 0.3 is 5.97 Å². The summed E-state index contributed by atoms with van der Waals surface area (Å²) in [5.74, 6) is -0.370. The number of rotatable bonds is 7. The third-order valence-electron chi connectivity index (χ3n) is 4.94. The molecule has 3 rings (SSSR count). The number of benzene rings is 1. The molecule has 1 heterocycles. The highest BCUT2D eigenvalue weighted by atomic mass is 16.5. The fourth-order valence-corrected chi connectivity index (χ4v) is 3.35. The highest BCUT2D eigenvalue weighted by Gasteiger charge is 2.22. The Morgan fingerprint density at radius 1 is 1.25 bits per heavy atom. The monoisotopic (exact) mass is 382 g/mol. The Balaban J connectivity index is 1.42. The van der Waals surface area contributed by atoms with Crippen molar-refractivity contribution in [2.24, 2.45) is 5.92 Å². The van der Waals surface area contributed by atoms with E-state index >= 15 is 0 Å². The molecule has 0 radical (unpaired) electrons. The lowest BCUT2D eigenvalue weighted by atomic mass is 9.86. The van der Waals surface area contributed by atoms with Crippen molar-refractivity contribution in [1.82, 2.24) is 20.3 Å². The van der Waals surface area contributed by atoms with Gasteiger partial charge in [-0.05, 0) is 30.4 Å². The van der Waals surface area contributed by atoms with E-state index in [-0.39, 0.29) is 18.6 Å². The van der Waals surface area contributed by atoms with Gasteiger partial charge in [0.05, 0.1) is 12.7 Å². The number of amides is 1. The van der Waals surface area contributed by atoms with Crippen LogP contribution in [0.15, 0.2) is 42.6 Å². The van der Waals surface area contributed by atoms with Crippen LogP contribution in [-0.4, -0.2) is 39.5 Å². The van der Waals surface area contributed by atoms with Crippen LogP contribution in [0.1, 0.15) is 43.9 Å². The minimum Gasteiger partial charge on any atom is -0.452 e. The average molecular weight is 382 g/mol. The second-order valence-corrected chi connectivity index (χ2v) is 7.20. The molecule has 0 saturated heterocycles. The highest BCUT2D eigenvalue weighted by Crippen LogP contribution is 2.23. The van der Waals surface area contributed by atoms with Gasteiger partial charge in [0.25, 0.3) is 5.91 Å². The summed E-state index contributed by atoms with van der Waals surface area (Å²) < 4.78 is 6.71. The maximum Gasteiger partial charge on any atom is 0.331 e. The van der Waals surface area contributed by atoms with Crippen molar-refractivity contribution in [3.8, 4) is 0 Å². The van der Waals surface area contributed by atoms with Crippen molar-refractivity contribution in [2.45, 2.75) is 45.2 Å². The summed E-state index contributed by atoms with van der Waals surface area (Å²) in [4.78, 5) is 23.8. The third kappa shape index (κ3) is 6.04. The molecule has 0 bridgehead atoms. The predicted octanol–water partition coefficient (Wildman–Crippen LogP) is 2.58. The van der Waals surface area contributed by atoms with Crippen molar-refractivity contribution in [3.05, 3.63) is 53.9 Å². The Labute approximate surface area is 164 Å². The number of esters is 1. The van der Waals surface area contributed by atoms with E-state index in [1.54, 1.807) is 10.9 Å². The number of ether oxygens (including phenoxy) is 1. The number of hydrogen-bond donors (Lipinski definition) is 1. The maximum atomic E-state index is 12.0. The molecule has 148 valence electrons. The number of hydrogen-bond acceptors (Lipinski definition) is 5. The molecule has 1 aromatic heterocycles. The molecule has 1 amide bonds. The lowest BCUT2D eigenvalue weighted by molar-refractivity contribution is -0.144. The van der Waals surface area contributed by atoms with Crippen LogP contribution in [-0.2, 0) is 20.9 Å². The van der Waals surface area contributed by atoms with E-state index in [2.05, 4.69) is 22.6 Å². The largest absolute Gasteiger partial charge is 0.452 e. The van der Waals surface area contributed by atoms with Crippen LogP contribution in [0.3, 0.4) is 0 Å². The van der Waals surface area contributed by atoms with Crippen LogP contribution >= 0.6 is 0 Å². The molecule has 0 unspecified atom stereocenters. The van der Waals surface area contributed by atoms with Gasteiger partial charge in [-0.1, -0.05) is 55.3 Å². The van der Waals surface area contributed by atoms with Crippen LogP contribution in [0.2, 0.25) is 0 Å². The zero-order valence-corrected chi connectivity index (χ0v) is 16.1. The molecule has 2 aromatic rings. The molecule has 7 nitrogen and oxygen atoms in total. The topological polar surface area (TPSA) is 86.1 Å². The van der Waals surface area contributed by atoms with Gasteiger partial charge in [0.1, 0.15) is 5.69 Å². The Morgan fingerprint density at radius 2 is 2.04 bits per heavy atom. The maximum absolute atomic E-state index is 12.0. The van der Waals surface area contributed by atoms with Crippen LogP contribution in [0.4, 0.5) is 0 Å². The molecule has 1 aliphatic rings. The standard InChI is InChI=1S/C21H26N4O3/c1-16-7-5-6-10-19(16)22-20(26)15-28-21(27)12-11-18-14-25(24-23-18)13-17-8-3-2-4-9-17/h2-4,8-9,11-12,14,16,19H,5-7,10,13,15H2,1H3,(H,22,26)/b12-11+/t16-,19+/m0/s1. The zero-order valence-electron chi connectivity index (χ0n) is 16.1. The Bertz CT molecular complexity index is 816. The first-order valence-electron chi connectivity index (χ1n) is 9.68. The summed E-state index contributed by atoms with van der Waals surface area (Å²) in [6.07, 6.45) is 8.98. The highest BCUT2D eigenvalue weighted by molar-refractivity contribution is 5.89. The molecule has 1 aromatic carbocycles. The lowest BCUT2D eigenvalue weighted by Gasteiger charge is -2.29. The summed E-state index contributed by atoms with van der Waals surface area (Å²) in [6, 6.07) is 10.1. The summed E-state index contributed by atoms with van der Waals surface area (Å²) in [5, 5.41) is 11.0. The molecule has 0 spiro atoms. The molecule has 1 fully saturated rings. The van der Waals surface area contributed by atoms with Crippen LogP contribution in [0.25, 0.3) is 6.08 Å². The third-order valence-corrected chi connectivity index (χ3v) is 4.94. The number of carbonyl (C=O) groups is 2. The Kier molecular flexibility index (Phi) is 6.94. The van der Waals surface area contributed by atoms with E-state index in [1.165, 1.54) is 18.6 Å². The predicted molar refractivity (Wildman–Crippen MR) is 105 cm³/mol. The van der Waals surface area contributed by atoms with Gasteiger partial charge in [-0.3, -0.25) is 4.79 Å². The van der Waals surface area contributed by atoms with E-state index in [4.69, 9.17) is 4.74 Å². The van der Waals surface area contributed by atoms with Gasteiger partial charge in [-0.2, -0.15) is 0 Å². The molecule has 28 heavy (non-hydrogen) atoms. The minimum absolute atomic E-state index is 0.176. The Hall–Kier alpha value is -2.96. The summed E-state index contributed by atoms with van der Waals surface area (Å²) in [7, 11) is 0. The van der Waals surface area contributed by atoms with Crippen LogP contribution in [0.5, 0.6) is 0 Å². The van der Waals surface area contributed by atoms with Crippen molar-refractivity contribution in [2.75, 3.05) is 6.61 Å². The second kappa shape index (κ2) is 9.82. The number of aromatic nitrogens is 3. The smallest absolute Gasteiger partial charge is 0.331 e. The SMILES string of the molecule is C[C@H]1CCCC[C@H]1NC(=O)COC(=O)/C=C/c1cn(Cc2ccccc2)nn1. The molecule has 1 saturated carbocycles. The average Bonchev–Trinajstić information content (AvgIpc) is 3.15. The number of nitrogens with zero attached hydrogens (tertiary/aromatic N) is 3. The fourth-order valence-electron chi connectivity index (χ4n) is 3.35. The van der Waals surface area contributed by atoms with E-state index < -0.39 is 5.97 Å². The van der Waals surface area contributed by atoms with Gasteiger partial charge in [0.2, 0.25) is 0 Å². The first kappa shape index (κ1) is 19.8. The zero-order chi connectivity index (χ0) is 19.8. The number of carbonyl (C=O) groups excluding carboxylic acids is 2. The summed E-state index contributed by atoms with van der Waals surface area (Å²) in [5.41, 5.74) is 1.66. The number of nitrogens with one attached hydrogen (secondary N) is 1. The molecule has 1 aliphatic carbocycles. The summed E-state index contributed by atoms with van der Waals surface area (Å²) in [6.45, 7) is 2.47. The quantitative estimate of drug-likeness (QED) is 0.588. The first-order valence-corrected chi connectivity index (χ1v) is 9.68. The molecule has 1 N–H and O–H groups in total. The van der Waals surface area contributed by atoms with Gasteiger partial charge in [0.15, 0.2) is 6.61 Å². The van der Waals surface area contributed by atoms with Gasteiger partial charge in [0, 0.05) is 12.1 Å². The molecular weight excluding hydrogens is 356 g/mol. The lowest BCUT2D eigenvalue weighted by Crippen LogP contribution is -2.42. The van der Waals surface area contributed by atoms with Gasteiger partial charge in [-0.15, -0.1) is 5.10 Å². The van der Waals surface area contributed by atoms with E-state index in [0.29, 0.717) is 18.2 Å². The van der Waals surface area contributed by atoms with Gasteiger partial charge < -0.3 is 10.1 Å². The van der Waals surface area contributed by atoms with Crippen LogP contribution < -0.4 is 5.32 Å². The molecule has 2 atom stereocenters. The van der Waals surface area contributed by atoms with E-state index in [0.717, 1.165) is 24.8 Å². The van der Waals surface area contributed by atoms with Crippen molar-refractivity contribution in [3.63, 3.8) is 0 Å². The fraction of sp³-hybridized carbons (Fsp3) is 0.429. The Morgan fingerprint density at radius 3 is 2.82 bits per heavy atom.